The van der Waals surface area contributed by atoms with Crippen molar-refractivity contribution in [3.8, 4) is 0 Å². The van der Waals surface area contributed by atoms with Gasteiger partial charge in [-0.3, -0.25) is 9.69 Å². The maximum atomic E-state index is 14.5. The molecule has 2 aliphatic rings. The molecule has 0 saturated carbocycles. The molecule has 0 atom stereocenters. The Kier molecular flexibility index (Phi) is 6.10. The fraction of sp³-hybridized carbons (Fsp3) is 0.524. The van der Waals surface area contributed by atoms with Crippen LogP contribution in [0.3, 0.4) is 0 Å². The third kappa shape index (κ3) is 4.75. The summed E-state index contributed by atoms with van der Waals surface area (Å²) in [6.07, 6.45) is 3.34. The summed E-state index contributed by atoms with van der Waals surface area (Å²) < 4.78 is 28.9. The Bertz CT molecular complexity index is 850. The minimum absolute atomic E-state index is 0.0195. The Balaban J connectivity index is 1.32. The van der Waals surface area contributed by atoms with Gasteiger partial charge in [0, 0.05) is 36.6 Å². The molecule has 1 aromatic heterocycles. The molecular weight excluding hydrogens is 394 g/mol. The van der Waals surface area contributed by atoms with E-state index in [9.17, 15) is 13.6 Å². The van der Waals surface area contributed by atoms with Crippen LogP contribution in [-0.2, 0) is 11.3 Å². The van der Waals surface area contributed by atoms with Gasteiger partial charge in [0.2, 0.25) is 5.91 Å². The van der Waals surface area contributed by atoms with E-state index in [0.29, 0.717) is 13.1 Å². The van der Waals surface area contributed by atoms with Gasteiger partial charge in [-0.25, -0.2) is 13.8 Å². The standard InChI is InChI=1S/C21H26F2N4OS/c1-14-24-17(13-29-14)12-26-8-4-15(5-9-26)21(28)25-16-10-18(22)20(19(23)11-16)27-6-2-3-7-27/h10-11,13,15H,2-9,12H2,1H3,(H,25,28). The van der Waals surface area contributed by atoms with Crippen molar-refractivity contribution in [1.82, 2.24) is 9.88 Å². The molecule has 0 radical (unpaired) electrons. The van der Waals surface area contributed by atoms with E-state index in [1.54, 1.807) is 16.2 Å². The molecule has 2 saturated heterocycles. The number of nitrogens with one attached hydrogen (secondary N) is 1. The summed E-state index contributed by atoms with van der Waals surface area (Å²) in [5.74, 6) is -1.54. The van der Waals surface area contributed by atoms with Gasteiger partial charge in [0.25, 0.3) is 0 Å². The number of anilines is 2. The minimum Gasteiger partial charge on any atom is -0.367 e. The van der Waals surface area contributed by atoms with Gasteiger partial charge < -0.3 is 10.2 Å². The number of halogens is 2. The van der Waals surface area contributed by atoms with E-state index in [2.05, 4.69) is 20.6 Å². The van der Waals surface area contributed by atoms with Crippen molar-refractivity contribution < 1.29 is 13.6 Å². The highest BCUT2D eigenvalue weighted by atomic mass is 32.1. The smallest absolute Gasteiger partial charge is 0.227 e. The van der Waals surface area contributed by atoms with Crippen LogP contribution >= 0.6 is 11.3 Å². The Morgan fingerprint density at radius 2 is 1.83 bits per heavy atom. The fourth-order valence-corrected chi connectivity index (χ4v) is 4.79. The predicted octanol–water partition coefficient (Wildman–Crippen LogP) is 4.18. The van der Waals surface area contributed by atoms with E-state index < -0.39 is 11.6 Å². The maximum absolute atomic E-state index is 14.5. The third-order valence-corrected chi connectivity index (χ3v) is 6.54. The lowest BCUT2D eigenvalue weighted by molar-refractivity contribution is -0.121. The SMILES string of the molecule is Cc1nc(CN2CCC(C(=O)Nc3cc(F)c(N4CCCC4)c(F)c3)CC2)cs1. The number of nitrogens with zero attached hydrogens (tertiary/aromatic N) is 3. The number of piperidine rings is 1. The highest BCUT2D eigenvalue weighted by molar-refractivity contribution is 7.09. The van der Waals surface area contributed by atoms with Crippen molar-refractivity contribution in [2.24, 2.45) is 5.92 Å². The van der Waals surface area contributed by atoms with Crippen LogP contribution < -0.4 is 10.2 Å². The normalized spacial score (nSPS) is 18.4. The first kappa shape index (κ1) is 20.2. The van der Waals surface area contributed by atoms with Crippen LogP contribution in [0.25, 0.3) is 0 Å². The quantitative estimate of drug-likeness (QED) is 0.788. The fourth-order valence-electron chi connectivity index (χ4n) is 4.19. The molecule has 1 amide bonds. The van der Waals surface area contributed by atoms with E-state index >= 15 is 0 Å². The first-order chi connectivity index (χ1) is 14.0. The van der Waals surface area contributed by atoms with E-state index in [0.717, 1.165) is 56.0 Å². The summed E-state index contributed by atoms with van der Waals surface area (Å²) >= 11 is 1.64. The van der Waals surface area contributed by atoms with Gasteiger partial charge in [-0.05, 0) is 57.8 Å². The average Bonchev–Trinajstić information content (AvgIpc) is 3.34. The molecule has 29 heavy (non-hydrogen) atoms. The van der Waals surface area contributed by atoms with Crippen molar-refractivity contribution in [3.63, 3.8) is 0 Å². The number of amides is 1. The van der Waals surface area contributed by atoms with Crippen LogP contribution in [0.5, 0.6) is 0 Å². The first-order valence-corrected chi connectivity index (χ1v) is 11.1. The molecule has 0 bridgehead atoms. The molecule has 2 fully saturated rings. The van der Waals surface area contributed by atoms with Gasteiger partial charge >= 0.3 is 0 Å². The molecule has 1 aromatic carbocycles. The lowest BCUT2D eigenvalue weighted by Gasteiger charge is -2.30. The summed E-state index contributed by atoms with van der Waals surface area (Å²) in [6, 6.07) is 2.46. The summed E-state index contributed by atoms with van der Waals surface area (Å²) in [6.45, 7) is 5.74. The highest BCUT2D eigenvalue weighted by Gasteiger charge is 2.26. The molecule has 3 heterocycles. The molecule has 0 spiro atoms. The van der Waals surface area contributed by atoms with E-state index in [1.165, 1.54) is 12.1 Å². The zero-order chi connectivity index (χ0) is 20.4. The van der Waals surface area contributed by atoms with Gasteiger partial charge in [-0.15, -0.1) is 11.3 Å². The van der Waals surface area contributed by atoms with Crippen molar-refractivity contribution in [2.75, 3.05) is 36.4 Å². The Morgan fingerprint density at radius 1 is 1.17 bits per heavy atom. The lowest BCUT2D eigenvalue weighted by Crippen LogP contribution is -2.37. The van der Waals surface area contributed by atoms with Crippen LogP contribution in [-0.4, -0.2) is 42.0 Å². The lowest BCUT2D eigenvalue weighted by atomic mass is 9.95. The van der Waals surface area contributed by atoms with Crippen LogP contribution in [0.4, 0.5) is 20.2 Å². The van der Waals surface area contributed by atoms with Gasteiger partial charge in [-0.2, -0.15) is 0 Å². The number of rotatable bonds is 5. The largest absolute Gasteiger partial charge is 0.367 e. The Morgan fingerprint density at radius 3 is 2.41 bits per heavy atom. The first-order valence-electron chi connectivity index (χ1n) is 10.2. The second-order valence-corrected chi connectivity index (χ2v) is 8.94. The number of thiazole rings is 1. The molecular formula is C21H26F2N4OS. The van der Waals surface area contributed by atoms with Crippen molar-refractivity contribution >= 4 is 28.6 Å². The third-order valence-electron chi connectivity index (χ3n) is 5.72. The topological polar surface area (TPSA) is 48.5 Å². The number of aryl methyl sites for hydroxylation is 1. The van der Waals surface area contributed by atoms with Gasteiger partial charge in [0.15, 0.2) is 11.6 Å². The number of aromatic nitrogens is 1. The molecule has 2 aromatic rings. The van der Waals surface area contributed by atoms with Crippen molar-refractivity contribution in [3.05, 3.63) is 39.8 Å². The molecule has 5 nitrogen and oxygen atoms in total. The minimum atomic E-state index is -0.615. The van der Waals surface area contributed by atoms with E-state index in [1.807, 2.05) is 6.92 Å². The summed E-state index contributed by atoms with van der Waals surface area (Å²) in [7, 11) is 0. The van der Waals surface area contributed by atoms with Crippen molar-refractivity contribution in [2.45, 2.75) is 39.2 Å². The molecule has 4 rings (SSSR count). The van der Waals surface area contributed by atoms with Crippen molar-refractivity contribution in [1.29, 1.82) is 0 Å². The second kappa shape index (κ2) is 8.75. The molecule has 8 heteroatoms. The number of hydrogen-bond donors (Lipinski definition) is 1. The summed E-state index contributed by atoms with van der Waals surface area (Å²) in [5, 5.41) is 5.84. The Labute approximate surface area is 173 Å². The van der Waals surface area contributed by atoms with Crippen LogP contribution in [0.1, 0.15) is 36.4 Å². The van der Waals surface area contributed by atoms with Gasteiger partial charge in [0.1, 0.15) is 5.69 Å². The summed E-state index contributed by atoms with van der Waals surface area (Å²) in [4.78, 5) is 21.1. The zero-order valence-corrected chi connectivity index (χ0v) is 17.4. The Hall–Kier alpha value is -2.06. The number of benzene rings is 1. The number of likely N-dealkylation sites (tertiary alicyclic amines) is 1. The molecule has 2 aliphatic heterocycles. The molecule has 156 valence electrons. The molecule has 0 unspecified atom stereocenters. The second-order valence-electron chi connectivity index (χ2n) is 7.88. The van der Waals surface area contributed by atoms with Crippen LogP contribution in [0, 0.1) is 24.5 Å². The highest BCUT2D eigenvalue weighted by Crippen LogP contribution is 2.30. The predicted molar refractivity (Wildman–Crippen MR) is 111 cm³/mol. The maximum Gasteiger partial charge on any atom is 0.227 e. The molecule has 1 N–H and O–H groups in total. The number of hydrogen-bond acceptors (Lipinski definition) is 5. The van der Waals surface area contributed by atoms with E-state index in [-0.39, 0.29) is 23.2 Å². The number of carbonyl (C=O) groups is 1. The number of carbonyl (C=O) groups excluding carboxylic acids is 1. The van der Waals surface area contributed by atoms with E-state index in [4.69, 9.17) is 0 Å². The summed E-state index contributed by atoms with van der Waals surface area (Å²) in [5.41, 5.74) is 1.28. The molecule has 0 aliphatic carbocycles. The van der Waals surface area contributed by atoms with Crippen LogP contribution in [0.2, 0.25) is 0 Å². The van der Waals surface area contributed by atoms with Gasteiger partial charge in [0.05, 0.1) is 10.7 Å². The van der Waals surface area contributed by atoms with Gasteiger partial charge in [-0.1, -0.05) is 0 Å². The average molecular weight is 421 g/mol. The zero-order valence-electron chi connectivity index (χ0n) is 16.6. The monoisotopic (exact) mass is 420 g/mol. The van der Waals surface area contributed by atoms with Crippen LogP contribution in [0.15, 0.2) is 17.5 Å².